The summed E-state index contributed by atoms with van der Waals surface area (Å²) in [5, 5.41) is 62.6. The fourth-order valence-corrected chi connectivity index (χ4v) is 12.0. The lowest BCUT2D eigenvalue weighted by atomic mass is 9.96. The maximum atomic E-state index is 14.7. The lowest BCUT2D eigenvalue weighted by molar-refractivity contribution is -0.121. The summed E-state index contributed by atoms with van der Waals surface area (Å²) in [5.41, 5.74) is 35.7. The van der Waals surface area contributed by atoms with Crippen LogP contribution in [0.3, 0.4) is 0 Å². The monoisotopic (exact) mass is 1540 g/mol. The van der Waals surface area contributed by atoms with Gasteiger partial charge in [0.05, 0.1) is 93.6 Å². The van der Waals surface area contributed by atoms with Crippen LogP contribution in [-0.2, 0) is 56.1 Å². The Labute approximate surface area is 643 Å². The van der Waals surface area contributed by atoms with Gasteiger partial charge in [-0.15, -0.1) is 0 Å². The van der Waals surface area contributed by atoms with E-state index < -0.39 is 77.0 Å². The molecular weight excluding hydrogens is 1430 g/mol. The third-order valence-corrected chi connectivity index (χ3v) is 17.7. The number of ether oxygens (including phenoxy) is 5. The third kappa shape index (κ3) is 29.4. The molecule has 0 aliphatic rings. The van der Waals surface area contributed by atoms with Gasteiger partial charge >= 0.3 is 0 Å². The minimum atomic E-state index is -1.23. The number of benzene rings is 5. The second-order valence-corrected chi connectivity index (χ2v) is 26.1. The quantitative estimate of drug-likeness (QED) is 0.0113. The number of carbonyl (C=O) groups is 10. The Kier molecular flexibility index (Phi) is 36.2. The number of hydrogen-bond acceptors (Lipinski definition) is 21. The first-order chi connectivity index (χ1) is 52.9. The molecule has 4 amide bonds. The van der Waals surface area contributed by atoms with Crippen LogP contribution in [0, 0.1) is 27.0 Å². The van der Waals surface area contributed by atoms with Crippen molar-refractivity contribution in [3.05, 3.63) is 147 Å². The highest BCUT2D eigenvalue weighted by Crippen LogP contribution is 2.28. The lowest BCUT2D eigenvalue weighted by Gasteiger charge is -2.21. The van der Waals surface area contributed by atoms with Crippen molar-refractivity contribution in [1.29, 1.82) is 27.0 Å². The molecule has 111 heavy (non-hydrogen) atoms. The van der Waals surface area contributed by atoms with Crippen molar-refractivity contribution < 1.29 is 71.6 Å². The maximum Gasteiger partial charge on any atom is 0.255 e. The van der Waals surface area contributed by atoms with Gasteiger partial charge in [0.2, 0.25) is 0 Å². The minimum Gasteiger partial charge on any atom is -0.496 e. The second kappa shape index (κ2) is 45.2. The molecule has 0 heterocycles. The fraction of sp³-hybridized carbons (Fsp3) is 0.408. The first-order valence-corrected chi connectivity index (χ1v) is 35.8. The molecule has 35 nitrogen and oxygen atoms in total. The highest BCUT2D eigenvalue weighted by molar-refractivity contribution is 6.05. The highest BCUT2D eigenvalue weighted by atomic mass is 16.5. The predicted octanol–water partition coefficient (Wildman–Crippen LogP) is 1.33. The van der Waals surface area contributed by atoms with Gasteiger partial charge in [0.15, 0.2) is 64.5 Å². The van der Waals surface area contributed by atoms with Crippen LogP contribution in [0.2, 0.25) is 0 Å². The van der Waals surface area contributed by atoms with E-state index in [1.807, 2.05) is 0 Å². The van der Waals surface area contributed by atoms with Crippen molar-refractivity contribution in [2.24, 2.45) is 34.4 Å². The van der Waals surface area contributed by atoms with E-state index in [0.29, 0.717) is 53.8 Å². The Morgan fingerprint density at radius 2 is 0.514 bits per heavy atom. The molecule has 35 heteroatoms. The summed E-state index contributed by atoms with van der Waals surface area (Å²) in [7, 11) is 6.75. The van der Waals surface area contributed by atoms with Crippen LogP contribution in [-0.4, -0.2) is 187 Å². The number of Topliss-reactive ketones (excluding diaryl/α,β-unsaturated/α-hetero) is 6. The van der Waals surface area contributed by atoms with Crippen LogP contribution in [0.5, 0.6) is 28.7 Å². The molecule has 5 aromatic carbocycles. The van der Waals surface area contributed by atoms with E-state index in [1.54, 1.807) is 42.5 Å². The standard InChI is InChI=1S/C76H104N20O15/c1-42(97)48-32-43(17-22-63(48)107-2)38-59(99)54(13-8-28-89-73(80)81)93-69(104)50-34-45(19-24-65(50)109-4)40-61(101)56(15-10-30-91-75(84)85)95-71(106)52-36-47(21-26-67(52)111-6)41-62(102)57(16-11-31-92-76(86)87)96-70(105)51-35-46(20-25-66(51)110-5)39-60(100)55(14-9-29-90-74(82)83)94-68(103)49-33-44(18-23-64(49)108-3)37-58(98)53(77)12-7-27-88-72(78)79/h17-26,32-36,53-57H,7-16,27-31,37-41,77H2,1-6H3,(H,93,104)(H,94,103)(H,95,106)(H,96,105)(H4,78,79,88)(H4,80,81,89)(H4,82,83,90)(H4,84,85,91)(H4,86,87,92)/t53-,54-,55-,56-,57-/m1/s1. The molecule has 26 N–H and O–H groups in total. The molecule has 0 fully saturated rings. The van der Waals surface area contributed by atoms with Gasteiger partial charge in [-0.1, -0.05) is 30.3 Å². The maximum absolute atomic E-state index is 14.7. The van der Waals surface area contributed by atoms with Gasteiger partial charge in [-0.25, -0.2) is 0 Å². The third-order valence-electron chi connectivity index (χ3n) is 17.7. The molecule has 0 spiro atoms. The second-order valence-electron chi connectivity index (χ2n) is 26.1. The number of guanidine groups is 5. The van der Waals surface area contributed by atoms with E-state index >= 15 is 0 Å². The van der Waals surface area contributed by atoms with Gasteiger partial charge in [0.25, 0.3) is 23.6 Å². The van der Waals surface area contributed by atoms with Crippen molar-refractivity contribution in [2.45, 2.75) is 133 Å². The van der Waals surface area contributed by atoms with Crippen molar-refractivity contribution in [3.8, 4) is 28.7 Å². The Hall–Kier alpha value is -12.7. The highest BCUT2D eigenvalue weighted by Gasteiger charge is 2.31. The average Bonchev–Trinajstić information content (AvgIpc) is 0.833. The Balaban J connectivity index is 1.39. The van der Waals surface area contributed by atoms with Crippen molar-refractivity contribution in [1.82, 2.24) is 47.9 Å². The number of rotatable bonds is 49. The van der Waals surface area contributed by atoms with Gasteiger partial charge < -0.3 is 106 Å². The van der Waals surface area contributed by atoms with Crippen LogP contribution in [0.15, 0.2) is 91.0 Å². The van der Waals surface area contributed by atoms with Gasteiger partial charge in [0, 0.05) is 64.8 Å². The van der Waals surface area contributed by atoms with Gasteiger partial charge in [-0.05, 0) is 160 Å². The summed E-state index contributed by atoms with van der Waals surface area (Å²) in [6.45, 7) is 2.36. The van der Waals surface area contributed by atoms with Crippen LogP contribution < -0.4 is 106 Å². The predicted molar refractivity (Wildman–Crippen MR) is 417 cm³/mol. The molecule has 0 aliphatic carbocycles. The summed E-state index contributed by atoms with van der Waals surface area (Å²) in [6, 6.07) is 17.1. The van der Waals surface area contributed by atoms with E-state index in [4.69, 9.17) is 85.1 Å². The lowest BCUT2D eigenvalue weighted by Crippen LogP contribution is -2.43. The Morgan fingerprint density at radius 3 is 0.721 bits per heavy atom. The number of carbonyl (C=O) groups excluding carboxylic acids is 10. The van der Waals surface area contributed by atoms with E-state index in [9.17, 15) is 47.9 Å². The molecule has 598 valence electrons. The minimum absolute atomic E-state index is 0.00725. The summed E-state index contributed by atoms with van der Waals surface area (Å²) < 4.78 is 27.7. The van der Waals surface area contributed by atoms with Gasteiger partial charge in [0.1, 0.15) is 28.7 Å². The SMILES string of the molecule is COc1ccc(CC(=O)[C@@H](CCCNC(=N)N)NC(=O)c2cc(CC(=O)[C@@H](CCCNC(=N)N)NC(=O)c3cc(CC(=O)[C@@H](CCCNC(=N)N)NC(=O)c4cc(CC(=O)[C@@H](CCCNC(=N)N)NC(=O)c5cc(CC(=O)[C@H](N)CCCNC(=N)N)ccc5OC)ccc4OC)ccc3OC)ccc2OC)cc1C(C)=O. The molecule has 0 saturated carbocycles. The largest absolute Gasteiger partial charge is 0.496 e. The van der Waals surface area contributed by atoms with Crippen LogP contribution >= 0.6 is 0 Å². The number of nitrogens with two attached hydrogens (primary N) is 6. The van der Waals surface area contributed by atoms with Crippen LogP contribution in [0.4, 0.5) is 0 Å². The summed E-state index contributed by atoms with van der Waals surface area (Å²) >= 11 is 0. The topological polar surface area (TPSA) is 600 Å². The molecule has 5 rings (SSSR count). The summed E-state index contributed by atoms with van der Waals surface area (Å²) in [6.07, 6.45) is 0.604. The molecule has 0 aliphatic heterocycles. The number of ketones is 6. The Morgan fingerprint density at radius 1 is 0.315 bits per heavy atom. The van der Waals surface area contributed by atoms with Crippen LogP contribution in [0.1, 0.15) is 151 Å². The first-order valence-electron chi connectivity index (χ1n) is 35.8. The molecule has 5 atom stereocenters. The number of hydrogen-bond donors (Lipinski definition) is 20. The van der Waals surface area contributed by atoms with E-state index in [-0.39, 0.29) is 201 Å². The van der Waals surface area contributed by atoms with Gasteiger partial charge in [-0.3, -0.25) is 75.0 Å². The van der Waals surface area contributed by atoms with E-state index in [1.165, 1.54) is 91.0 Å². The van der Waals surface area contributed by atoms with Crippen LogP contribution in [0.25, 0.3) is 0 Å². The normalized spacial score (nSPS) is 12.1. The zero-order valence-electron chi connectivity index (χ0n) is 63.3. The number of nitrogens with one attached hydrogen (secondary N) is 14. The Bertz CT molecular complexity index is 4210. The molecule has 0 unspecified atom stereocenters. The molecule has 5 aromatic rings. The first kappa shape index (κ1) is 88.9. The number of amides is 4. The zero-order chi connectivity index (χ0) is 81.9. The van der Waals surface area contributed by atoms with Crippen molar-refractivity contribution >= 4 is 88.1 Å². The molecule has 0 saturated heterocycles. The smallest absolute Gasteiger partial charge is 0.255 e. The van der Waals surface area contributed by atoms with Gasteiger partial charge in [-0.2, -0.15) is 0 Å². The fourth-order valence-electron chi connectivity index (χ4n) is 12.0. The molecular formula is C76H104N20O15. The zero-order valence-corrected chi connectivity index (χ0v) is 63.3. The molecule has 0 bridgehead atoms. The number of methoxy groups -OCH3 is 5. The molecule has 0 aromatic heterocycles. The van der Waals surface area contributed by atoms with E-state index in [0.717, 1.165) is 0 Å². The summed E-state index contributed by atoms with van der Waals surface area (Å²) in [5.74, 6) is -6.29. The summed E-state index contributed by atoms with van der Waals surface area (Å²) in [4.78, 5) is 141. The molecule has 0 radical (unpaired) electrons. The van der Waals surface area contributed by atoms with Crippen molar-refractivity contribution in [2.75, 3.05) is 68.3 Å². The average molecular weight is 1540 g/mol. The van der Waals surface area contributed by atoms with Crippen molar-refractivity contribution in [3.63, 3.8) is 0 Å². The van der Waals surface area contributed by atoms with E-state index in [2.05, 4.69) is 47.9 Å².